The molecular formula is C18H27NO2. The molecule has 1 saturated heterocycles. The van der Waals surface area contributed by atoms with Crippen LogP contribution in [0.5, 0.6) is 5.75 Å². The van der Waals surface area contributed by atoms with E-state index in [-0.39, 0.29) is 5.60 Å². The highest BCUT2D eigenvalue weighted by atomic mass is 16.5. The Balaban J connectivity index is 1.78. The fourth-order valence-electron chi connectivity index (χ4n) is 3.60. The summed E-state index contributed by atoms with van der Waals surface area (Å²) in [6.45, 7) is 8.20. The highest BCUT2D eigenvalue weighted by molar-refractivity contribution is 5.43. The second-order valence-corrected chi connectivity index (χ2v) is 7.00. The van der Waals surface area contributed by atoms with Gasteiger partial charge in [0.2, 0.25) is 0 Å². The van der Waals surface area contributed by atoms with Crippen molar-refractivity contribution in [2.75, 3.05) is 13.2 Å². The summed E-state index contributed by atoms with van der Waals surface area (Å²) in [6.07, 6.45) is 4.43. The molecule has 2 atom stereocenters. The van der Waals surface area contributed by atoms with Crippen molar-refractivity contribution in [3.05, 3.63) is 29.3 Å². The van der Waals surface area contributed by atoms with E-state index in [9.17, 15) is 0 Å². The van der Waals surface area contributed by atoms with Gasteiger partial charge in [0.15, 0.2) is 0 Å². The van der Waals surface area contributed by atoms with E-state index in [0.29, 0.717) is 12.1 Å². The van der Waals surface area contributed by atoms with E-state index in [4.69, 9.17) is 9.47 Å². The first-order valence-corrected chi connectivity index (χ1v) is 8.17. The Labute approximate surface area is 128 Å². The molecule has 1 fully saturated rings. The van der Waals surface area contributed by atoms with Crippen molar-refractivity contribution in [3.8, 4) is 5.75 Å². The molecule has 116 valence electrons. The predicted octanol–water partition coefficient (Wildman–Crippen LogP) is 3.76. The van der Waals surface area contributed by atoms with Crippen LogP contribution < -0.4 is 10.1 Å². The van der Waals surface area contributed by atoms with Crippen LogP contribution in [-0.2, 0) is 4.74 Å². The molecule has 2 aliphatic heterocycles. The standard InChI is InChI=1S/C18H27NO2/c1-13-6-4-7-15-16(8-5-10-20-17(13)15)19-14-9-11-21-18(2,3)12-14/h4,6-7,14,16,19H,5,8-12H2,1-3H3. The molecule has 1 N–H and O–H groups in total. The van der Waals surface area contributed by atoms with Crippen molar-refractivity contribution >= 4 is 0 Å². The smallest absolute Gasteiger partial charge is 0.126 e. The minimum Gasteiger partial charge on any atom is -0.493 e. The Morgan fingerprint density at radius 2 is 2.05 bits per heavy atom. The number of aryl methyl sites for hydroxylation is 1. The quantitative estimate of drug-likeness (QED) is 0.899. The lowest BCUT2D eigenvalue weighted by atomic mass is 9.91. The Morgan fingerprint density at radius 1 is 1.19 bits per heavy atom. The molecule has 0 bridgehead atoms. The Hall–Kier alpha value is -1.06. The van der Waals surface area contributed by atoms with Crippen molar-refractivity contribution in [2.24, 2.45) is 0 Å². The third-order valence-corrected chi connectivity index (χ3v) is 4.64. The number of para-hydroxylation sites is 1. The third-order valence-electron chi connectivity index (χ3n) is 4.64. The maximum absolute atomic E-state index is 5.97. The highest BCUT2D eigenvalue weighted by Crippen LogP contribution is 2.35. The molecule has 21 heavy (non-hydrogen) atoms. The Kier molecular flexibility index (Phi) is 4.23. The number of ether oxygens (including phenoxy) is 2. The molecule has 2 unspecified atom stereocenters. The summed E-state index contributed by atoms with van der Waals surface area (Å²) in [6, 6.07) is 7.44. The lowest BCUT2D eigenvalue weighted by Gasteiger charge is -2.37. The number of hydrogen-bond donors (Lipinski definition) is 1. The van der Waals surface area contributed by atoms with E-state index in [1.54, 1.807) is 0 Å². The predicted molar refractivity (Wildman–Crippen MR) is 84.8 cm³/mol. The topological polar surface area (TPSA) is 30.5 Å². The van der Waals surface area contributed by atoms with Gasteiger partial charge in [-0.05, 0) is 52.0 Å². The van der Waals surface area contributed by atoms with Gasteiger partial charge in [0.1, 0.15) is 5.75 Å². The number of benzene rings is 1. The van der Waals surface area contributed by atoms with Crippen LogP contribution in [0.3, 0.4) is 0 Å². The van der Waals surface area contributed by atoms with Crippen LogP contribution in [0.1, 0.15) is 56.7 Å². The average molecular weight is 289 g/mol. The molecule has 0 spiro atoms. The summed E-state index contributed by atoms with van der Waals surface area (Å²) in [5, 5.41) is 3.88. The number of fused-ring (bicyclic) bond motifs is 1. The van der Waals surface area contributed by atoms with Crippen LogP contribution in [0, 0.1) is 6.92 Å². The average Bonchev–Trinajstić information content (AvgIpc) is 2.62. The minimum absolute atomic E-state index is 0.00736. The van der Waals surface area contributed by atoms with E-state index in [2.05, 4.69) is 44.3 Å². The molecule has 2 heterocycles. The largest absolute Gasteiger partial charge is 0.493 e. The molecule has 3 rings (SSSR count). The zero-order valence-corrected chi connectivity index (χ0v) is 13.4. The second-order valence-electron chi connectivity index (χ2n) is 7.00. The van der Waals surface area contributed by atoms with E-state index >= 15 is 0 Å². The van der Waals surface area contributed by atoms with Gasteiger partial charge < -0.3 is 14.8 Å². The molecule has 3 nitrogen and oxygen atoms in total. The molecule has 0 aromatic heterocycles. The van der Waals surface area contributed by atoms with Crippen LogP contribution >= 0.6 is 0 Å². The maximum atomic E-state index is 5.97. The van der Waals surface area contributed by atoms with Crippen LogP contribution in [0.25, 0.3) is 0 Å². The van der Waals surface area contributed by atoms with Gasteiger partial charge in [0.25, 0.3) is 0 Å². The lowest BCUT2D eigenvalue weighted by molar-refractivity contribution is -0.0643. The third kappa shape index (κ3) is 3.41. The number of hydrogen-bond acceptors (Lipinski definition) is 3. The van der Waals surface area contributed by atoms with Gasteiger partial charge in [0.05, 0.1) is 12.2 Å². The summed E-state index contributed by atoms with van der Waals surface area (Å²) >= 11 is 0. The van der Waals surface area contributed by atoms with Gasteiger partial charge in [-0.25, -0.2) is 0 Å². The van der Waals surface area contributed by atoms with Gasteiger partial charge in [0, 0.05) is 24.3 Å². The van der Waals surface area contributed by atoms with E-state index in [1.165, 1.54) is 11.1 Å². The maximum Gasteiger partial charge on any atom is 0.126 e. The van der Waals surface area contributed by atoms with Crippen molar-refractivity contribution < 1.29 is 9.47 Å². The molecule has 0 saturated carbocycles. The summed E-state index contributed by atoms with van der Waals surface area (Å²) < 4.78 is 11.8. The molecule has 2 aliphatic rings. The van der Waals surface area contributed by atoms with E-state index < -0.39 is 0 Å². The van der Waals surface area contributed by atoms with Gasteiger partial charge >= 0.3 is 0 Å². The molecule has 0 radical (unpaired) electrons. The summed E-state index contributed by atoms with van der Waals surface area (Å²) in [4.78, 5) is 0. The zero-order chi connectivity index (χ0) is 14.9. The first-order valence-electron chi connectivity index (χ1n) is 8.17. The highest BCUT2D eigenvalue weighted by Gasteiger charge is 2.31. The molecule has 1 aromatic rings. The van der Waals surface area contributed by atoms with E-state index in [1.807, 2.05) is 0 Å². The summed E-state index contributed by atoms with van der Waals surface area (Å²) in [5.74, 6) is 1.10. The first kappa shape index (κ1) is 14.9. The molecule has 1 aromatic carbocycles. The molecule has 0 amide bonds. The Morgan fingerprint density at radius 3 is 2.86 bits per heavy atom. The number of rotatable bonds is 2. The second kappa shape index (κ2) is 5.98. The molecular weight excluding hydrogens is 262 g/mol. The minimum atomic E-state index is -0.00736. The Bertz CT molecular complexity index is 498. The van der Waals surface area contributed by atoms with Crippen molar-refractivity contribution in [3.63, 3.8) is 0 Å². The van der Waals surface area contributed by atoms with Crippen LogP contribution in [0.15, 0.2) is 18.2 Å². The van der Waals surface area contributed by atoms with Gasteiger partial charge in [-0.15, -0.1) is 0 Å². The van der Waals surface area contributed by atoms with Crippen molar-refractivity contribution in [2.45, 2.75) is 64.1 Å². The van der Waals surface area contributed by atoms with Crippen LogP contribution in [0.4, 0.5) is 0 Å². The van der Waals surface area contributed by atoms with Crippen LogP contribution in [-0.4, -0.2) is 24.9 Å². The summed E-state index contributed by atoms with van der Waals surface area (Å²) in [5.41, 5.74) is 2.57. The first-order chi connectivity index (χ1) is 10.1. The SMILES string of the molecule is Cc1cccc2c1OCCCC2NC1CCOC(C)(C)C1. The number of nitrogens with one attached hydrogen (secondary N) is 1. The summed E-state index contributed by atoms with van der Waals surface area (Å²) in [7, 11) is 0. The van der Waals surface area contributed by atoms with E-state index in [0.717, 1.165) is 44.6 Å². The monoisotopic (exact) mass is 289 g/mol. The normalized spacial score (nSPS) is 28.3. The van der Waals surface area contributed by atoms with Crippen molar-refractivity contribution in [1.29, 1.82) is 0 Å². The lowest BCUT2D eigenvalue weighted by Crippen LogP contribution is -2.44. The van der Waals surface area contributed by atoms with Gasteiger partial charge in [-0.2, -0.15) is 0 Å². The zero-order valence-electron chi connectivity index (χ0n) is 13.4. The van der Waals surface area contributed by atoms with Crippen molar-refractivity contribution in [1.82, 2.24) is 5.32 Å². The molecule has 0 aliphatic carbocycles. The fraction of sp³-hybridized carbons (Fsp3) is 0.667. The molecule has 3 heteroatoms. The van der Waals surface area contributed by atoms with Gasteiger partial charge in [-0.3, -0.25) is 0 Å². The fourth-order valence-corrected chi connectivity index (χ4v) is 3.60. The van der Waals surface area contributed by atoms with Crippen LogP contribution in [0.2, 0.25) is 0 Å². The van der Waals surface area contributed by atoms with Gasteiger partial charge in [-0.1, -0.05) is 18.2 Å².